The lowest BCUT2D eigenvalue weighted by molar-refractivity contribution is -0.163. The molecule has 1 aromatic rings. The molecule has 1 fully saturated rings. The summed E-state index contributed by atoms with van der Waals surface area (Å²) < 4.78 is 5.32. The number of carbonyl (C=O) groups excluding carboxylic acids is 3. The third-order valence-corrected chi connectivity index (χ3v) is 5.03. The van der Waals surface area contributed by atoms with Crippen molar-refractivity contribution in [1.82, 2.24) is 9.80 Å². The van der Waals surface area contributed by atoms with Crippen LogP contribution in [0.5, 0.6) is 0 Å². The fourth-order valence-electron chi connectivity index (χ4n) is 3.05. The minimum absolute atomic E-state index is 0.0915. The molecule has 0 bridgehead atoms. The highest BCUT2D eigenvalue weighted by Gasteiger charge is 2.31. The molecule has 0 aliphatic carbocycles. The van der Waals surface area contributed by atoms with Gasteiger partial charge in [0, 0.05) is 37.3 Å². The molecule has 7 nitrogen and oxygen atoms in total. The van der Waals surface area contributed by atoms with Gasteiger partial charge < -0.3 is 14.5 Å². The molecule has 1 aliphatic rings. The van der Waals surface area contributed by atoms with E-state index >= 15 is 0 Å². The quantitative estimate of drug-likeness (QED) is 0.678. The van der Waals surface area contributed by atoms with Gasteiger partial charge in [-0.3, -0.25) is 14.4 Å². The number of amides is 2. The Labute approximate surface area is 169 Å². The van der Waals surface area contributed by atoms with Crippen LogP contribution < -0.4 is 0 Å². The molecular formula is C20H24ClN3O4. The van der Waals surface area contributed by atoms with Gasteiger partial charge in [-0.25, -0.2) is 0 Å². The normalized spacial score (nSPS) is 15.4. The maximum Gasteiger partial charge on any atom is 0.309 e. The summed E-state index contributed by atoms with van der Waals surface area (Å²) in [5, 5.41) is 9.16. The number of nitriles is 1. The van der Waals surface area contributed by atoms with Crippen LogP contribution in [0.1, 0.15) is 36.5 Å². The number of hydrogen-bond acceptors (Lipinski definition) is 5. The zero-order valence-electron chi connectivity index (χ0n) is 16.1. The van der Waals surface area contributed by atoms with Crippen LogP contribution in [0.4, 0.5) is 0 Å². The Morgan fingerprint density at radius 1 is 1.29 bits per heavy atom. The number of carbonyl (C=O) groups is 3. The van der Waals surface area contributed by atoms with Crippen molar-refractivity contribution in [3.05, 3.63) is 34.9 Å². The topological polar surface area (TPSA) is 90.7 Å². The van der Waals surface area contributed by atoms with Crippen LogP contribution in [0.25, 0.3) is 0 Å². The number of ether oxygens (including phenoxy) is 1. The number of piperidine rings is 1. The van der Waals surface area contributed by atoms with Crippen molar-refractivity contribution in [3.8, 4) is 6.07 Å². The highest BCUT2D eigenvalue weighted by atomic mass is 35.5. The summed E-state index contributed by atoms with van der Waals surface area (Å²) in [7, 11) is 1.57. The van der Waals surface area contributed by atoms with Crippen LogP contribution in [-0.2, 0) is 14.3 Å². The van der Waals surface area contributed by atoms with Crippen molar-refractivity contribution < 1.29 is 19.1 Å². The van der Waals surface area contributed by atoms with Crippen LogP contribution in [0, 0.1) is 17.2 Å². The second-order valence-corrected chi connectivity index (χ2v) is 7.26. The van der Waals surface area contributed by atoms with Crippen molar-refractivity contribution in [2.24, 2.45) is 5.92 Å². The first kappa shape index (κ1) is 21.7. The molecule has 2 amide bonds. The molecule has 1 aromatic carbocycles. The number of esters is 1. The third kappa shape index (κ3) is 5.70. The standard InChI is InChI=1S/C20H24ClN3O4/c1-14(18(25)23(2)11-3-10-22)28-20(27)16-8-12-24(13-9-16)19(26)15-4-6-17(21)7-5-15/h4-7,14,16H,3,8-9,11-13H2,1-2H3/t14-/m0/s1. The SMILES string of the molecule is C[C@H](OC(=O)C1CCN(C(=O)c2ccc(Cl)cc2)CC1)C(=O)N(C)CCC#N. The van der Waals surface area contributed by atoms with Crippen molar-refractivity contribution >= 4 is 29.4 Å². The molecule has 2 rings (SSSR count). The number of likely N-dealkylation sites (tertiary alicyclic amines) is 1. The molecule has 0 N–H and O–H groups in total. The molecule has 28 heavy (non-hydrogen) atoms. The molecule has 0 aromatic heterocycles. The van der Waals surface area contributed by atoms with E-state index in [9.17, 15) is 14.4 Å². The largest absolute Gasteiger partial charge is 0.452 e. The molecule has 1 aliphatic heterocycles. The lowest BCUT2D eigenvalue weighted by Gasteiger charge is -2.31. The van der Waals surface area contributed by atoms with Gasteiger partial charge in [-0.05, 0) is 44.0 Å². The summed E-state index contributed by atoms with van der Waals surface area (Å²) in [5.41, 5.74) is 0.560. The van der Waals surface area contributed by atoms with Gasteiger partial charge in [0.25, 0.3) is 11.8 Å². The highest BCUT2D eigenvalue weighted by molar-refractivity contribution is 6.30. The second-order valence-electron chi connectivity index (χ2n) is 6.82. The molecule has 8 heteroatoms. The number of likely N-dealkylation sites (N-methyl/N-ethyl adjacent to an activating group) is 1. The van der Waals surface area contributed by atoms with Crippen LogP contribution in [-0.4, -0.2) is 60.4 Å². The average molecular weight is 406 g/mol. The van der Waals surface area contributed by atoms with E-state index in [2.05, 4.69) is 0 Å². The summed E-state index contributed by atoms with van der Waals surface area (Å²) in [4.78, 5) is 40.1. The van der Waals surface area contributed by atoms with Crippen LogP contribution in [0.2, 0.25) is 5.02 Å². The molecule has 1 heterocycles. The molecular weight excluding hydrogens is 382 g/mol. The Bertz CT molecular complexity index is 752. The van der Waals surface area contributed by atoms with Crippen LogP contribution >= 0.6 is 11.6 Å². The average Bonchev–Trinajstić information content (AvgIpc) is 2.71. The lowest BCUT2D eigenvalue weighted by Crippen LogP contribution is -2.43. The zero-order valence-corrected chi connectivity index (χ0v) is 16.8. The monoisotopic (exact) mass is 405 g/mol. The fourth-order valence-corrected chi connectivity index (χ4v) is 3.18. The minimum Gasteiger partial charge on any atom is -0.452 e. The number of nitrogens with zero attached hydrogens (tertiary/aromatic N) is 3. The fraction of sp³-hybridized carbons (Fsp3) is 0.500. The predicted molar refractivity (Wildman–Crippen MR) is 104 cm³/mol. The third-order valence-electron chi connectivity index (χ3n) is 4.78. The van der Waals surface area contributed by atoms with E-state index in [0.29, 0.717) is 43.1 Å². The van der Waals surface area contributed by atoms with Crippen molar-refractivity contribution in [3.63, 3.8) is 0 Å². The van der Waals surface area contributed by atoms with Crippen molar-refractivity contribution in [2.75, 3.05) is 26.7 Å². The predicted octanol–water partition coefficient (Wildman–Crippen LogP) is 2.50. The van der Waals surface area contributed by atoms with Crippen molar-refractivity contribution in [2.45, 2.75) is 32.3 Å². The first-order valence-corrected chi connectivity index (χ1v) is 9.58. The summed E-state index contributed by atoms with van der Waals surface area (Å²) in [6.07, 6.45) is 0.306. The number of rotatable bonds is 6. The summed E-state index contributed by atoms with van der Waals surface area (Å²) in [6.45, 7) is 2.72. The molecule has 0 unspecified atom stereocenters. The van der Waals surface area contributed by atoms with E-state index in [0.717, 1.165) is 0 Å². The van der Waals surface area contributed by atoms with Gasteiger partial charge in [0.2, 0.25) is 0 Å². The Kier molecular flexibility index (Phi) is 7.82. The first-order valence-electron chi connectivity index (χ1n) is 9.20. The number of benzene rings is 1. The maximum absolute atomic E-state index is 12.5. The van der Waals surface area contributed by atoms with E-state index in [1.165, 1.54) is 11.8 Å². The van der Waals surface area contributed by atoms with Crippen molar-refractivity contribution in [1.29, 1.82) is 5.26 Å². The first-order chi connectivity index (χ1) is 13.3. The van der Waals surface area contributed by atoms with Gasteiger partial charge in [0.1, 0.15) is 0 Å². The molecule has 1 atom stereocenters. The lowest BCUT2D eigenvalue weighted by atomic mass is 9.96. The second kappa shape index (κ2) is 10.1. The molecule has 150 valence electrons. The van der Waals surface area contributed by atoms with Gasteiger partial charge in [-0.2, -0.15) is 5.26 Å². The van der Waals surface area contributed by atoms with E-state index in [4.69, 9.17) is 21.6 Å². The molecule has 0 saturated carbocycles. The number of hydrogen-bond donors (Lipinski definition) is 0. The van der Waals surface area contributed by atoms with Gasteiger partial charge >= 0.3 is 5.97 Å². The van der Waals surface area contributed by atoms with Gasteiger partial charge in [-0.1, -0.05) is 11.6 Å². The zero-order chi connectivity index (χ0) is 20.7. The van der Waals surface area contributed by atoms with Gasteiger partial charge in [0.15, 0.2) is 6.10 Å². The molecule has 0 radical (unpaired) electrons. The van der Waals surface area contributed by atoms with Gasteiger partial charge in [-0.15, -0.1) is 0 Å². The van der Waals surface area contributed by atoms with Gasteiger partial charge in [0.05, 0.1) is 18.4 Å². The van der Waals surface area contributed by atoms with Crippen LogP contribution in [0.15, 0.2) is 24.3 Å². The van der Waals surface area contributed by atoms with Crippen LogP contribution in [0.3, 0.4) is 0 Å². The maximum atomic E-state index is 12.5. The Morgan fingerprint density at radius 3 is 2.46 bits per heavy atom. The Morgan fingerprint density at radius 2 is 1.89 bits per heavy atom. The Hall–Kier alpha value is -2.59. The van der Waals surface area contributed by atoms with E-state index in [-0.39, 0.29) is 24.2 Å². The Balaban J connectivity index is 1.83. The summed E-state index contributed by atoms with van der Waals surface area (Å²) >= 11 is 5.85. The van der Waals surface area contributed by atoms with E-state index in [1.54, 1.807) is 36.2 Å². The smallest absolute Gasteiger partial charge is 0.309 e. The van der Waals surface area contributed by atoms with E-state index < -0.39 is 12.1 Å². The summed E-state index contributed by atoms with van der Waals surface area (Å²) in [6, 6.07) is 8.68. The number of halogens is 1. The minimum atomic E-state index is -0.898. The molecule has 0 spiro atoms. The van der Waals surface area contributed by atoms with E-state index in [1.807, 2.05) is 6.07 Å². The summed E-state index contributed by atoms with van der Waals surface area (Å²) in [5.74, 6) is -1.19. The highest BCUT2D eigenvalue weighted by Crippen LogP contribution is 2.21. The molecule has 1 saturated heterocycles.